The standard InChI is InChI=1S/C25H27BrN6O/c1-17(28)2-3-19(14-27)20-10-18(16-32-6-8-33-9-7-32)11-23(13-20)30-25-29-15-21-12-22(26)4-5-24(21)31-25/h2-5,10-15H,1,6-9,16,27-28H2,(H,29,30,31)/b3-2-,19-14+. The summed E-state index contributed by atoms with van der Waals surface area (Å²) in [6, 6.07) is 12.2. The molecule has 8 heteroatoms. The Balaban J connectivity index is 1.67. The minimum atomic E-state index is 0.466. The third-order valence-electron chi connectivity index (χ3n) is 5.29. The Bertz CT molecular complexity index is 1220. The summed E-state index contributed by atoms with van der Waals surface area (Å²) in [5.74, 6) is 0.531. The number of aromatic nitrogens is 2. The summed E-state index contributed by atoms with van der Waals surface area (Å²) in [4.78, 5) is 11.5. The summed E-state index contributed by atoms with van der Waals surface area (Å²) < 4.78 is 6.48. The number of hydrogen-bond donors (Lipinski definition) is 3. The van der Waals surface area contributed by atoms with Gasteiger partial charge in [0.05, 0.1) is 18.7 Å². The fourth-order valence-electron chi connectivity index (χ4n) is 3.68. The molecule has 0 saturated carbocycles. The maximum Gasteiger partial charge on any atom is 0.227 e. The molecule has 1 aromatic heterocycles. The second-order valence-corrected chi connectivity index (χ2v) is 8.77. The molecule has 2 aromatic carbocycles. The SMILES string of the molecule is C=C(N)/C=C\C(=C/N)c1cc(CN2CCOCC2)cc(Nc2ncc3cc(Br)ccc3n2)c1. The van der Waals surface area contributed by atoms with Crippen molar-refractivity contribution in [3.05, 3.63) is 88.8 Å². The van der Waals surface area contributed by atoms with Crippen molar-refractivity contribution in [1.29, 1.82) is 0 Å². The minimum Gasteiger partial charge on any atom is -0.404 e. The Hall–Kier alpha value is -3.20. The van der Waals surface area contributed by atoms with Gasteiger partial charge < -0.3 is 21.5 Å². The molecule has 0 amide bonds. The van der Waals surface area contributed by atoms with Gasteiger partial charge in [-0.15, -0.1) is 0 Å². The van der Waals surface area contributed by atoms with Crippen LogP contribution in [-0.2, 0) is 11.3 Å². The third kappa shape index (κ3) is 6.19. The highest BCUT2D eigenvalue weighted by Crippen LogP contribution is 2.26. The summed E-state index contributed by atoms with van der Waals surface area (Å²) in [5.41, 5.74) is 16.8. The number of morpholine rings is 1. The van der Waals surface area contributed by atoms with E-state index in [0.717, 1.165) is 70.6 Å². The van der Waals surface area contributed by atoms with Crippen molar-refractivity contribution in [3.8, 4) is 0 Å². The highest BCUT2D eigenvalue weighted by Gasteiger charge is 2.13. The maximum atomic E-state index is 5.94. The summed E-state index contributed by atoms with van der Waals surface area (Å²) in [7, 11) is 0. The van der Waals surface area contributed by atoms with Crippen LogP contribution in [0.4, 0.5) is 11.6 Å². The number of ether oxygens (including phenoxy) is 1. The summed E-state index contributed by atoms with van der Waals surface area (Å²) in [6.07, 6.45) is 6.99. The van der Waals surface area contributed by atoms with Crippen molar-refractivity contribution in [2.24, 2.45) is 11.5 Å². The van der Waals surface area contributed by atoms with Gasteiger partial charge in [-0.3, -0.25) is 4.90 Å². The van der Waals surface area contributed by atoms with Crippen LogP contribution < -0.4 is 16.8 Å². The molecule has 3 aromatic rings. The van der Waals surface area contributed by atoms with Crippen LogP contribution in [0.1, 0.15) is 11.1 Å². The predicted octanol–water partition coefficient (Wildman–Crippen LogP) is 4.30. The van der Waals surface area contributed by atoms with E-state index in [1.165, 1.54) is 0 Å². The molecular weight excluding hydrogens is 480 g/mol. The lowest BCUT2D eigenvalue weighted by Gasteiger charge is -2.27. The summed E-state index contributed by atoms with van der Waals surface area (Å²) >= 11 is 3.49. The molecule has 0 bridgehead atoms. The Morgan fingerprint density at radius 2 is 2.00 bits per heavy atom. The highest BCUT2D eigenvalue weighted by atomic mass is 79.9. The van der Waals surface area contributed by atoms with Crippen molar-refractivity contribution in [1.82, 2.24) is 14.9 Å². The Labute approximate surface area is 202 Å². The van der Waals surface area contributed by atoms with Gasteiger partial charge >= 0.3 is 0 Å². The van der Waals surface area contributed by atoms with Crippen molar-refractivity contribution in [3.63, 3.8) is 0 Å². The van der Waals surface area contributed by atoms with Crippen LogP contribution in [0, 0.1) is 0 Å². The van der Waals surface area contributed by atoms with Crippen LogP contribution in [0.2, 0.25) is 0 Å². The maximum absolute atomic E-state index is 5.94. The molecule has 0 atom stereocenters. The summed E-state index contributed by atoms with van der Waals surface area (Å²) in [6.45, 7) is 7.85. The molecule has 0 radical (unpaired) electrons. The van der Waals surface area contributed by atoms with E-state index in [1.54, 1.807) is 12.3 Å². The molecule has 0 aliphatic carbocycles. The van der Waals surface area contributed by atoms with Gasteiger partial charge in [0, 0.05) is 53.3 Å². The monoisotopic (exact) mass is 506 g/mol. The molecule has 33 heavy (non-hydrogen) atoms. The molecule has 1 fully saturated rings. The Morgan fingerprint density at radius 1 is 1.18 bits per heavy atom. The van der Waals surface area contributed by atoms with Gasteiger partial charge in [-0.25, -0.2) is 9.97 Å². The molecule has 2 heterocycles. The topological polar surface area (TPSA) is 102 Å². The molecule has 7 nitrogen and oxygen atoms in total. The normalized spacial score (nSPS) is 15.2. The van der Waals surface area contributed by atoms with Crippen LogP contribution in [-0.4, -0.2) is 41.2 Å². The number of allylic oxidation sites excluding steroid dienone is 3. The molecule has 5 N–H and O–H groups in total. The first-order chi connectivity index (χ1) is 16.0. The van der Waals surface area contributed by atoms with Crippen molar-refractivity contribution >= 4 is 44.0 Å². The van der Waals surface area contributed by atoms with Gasteiger partial charge in [-0.1, -0.05) is 28.6 Å². The van der Waals surface area contributed by atoms with Gasteiger partial charge in [-0.05, 0) is 59.2 Å². The van der Waals surface area contributed by atoms with Crippen molar-refractivity contribution in [2.45, 2.75) is 6.54 Å². The number of fused-ring (bicyclic) bond motifs is 1. The molecular formula is C25H27BrN6O. The van der Waals surface area contributed by atoms with E-state index in [0.29, 0.717) is 11.6 Å². The van der Waals surface area contributed by atoms with Gasteiger partial charge in [0.25, 0.3) is 0 Å². The molecule has 170 valence electrons. The number of nitrogens with one attached hydrogen (secondary N) is 1. The van der Waals surface area contributed by atoms with E-state index in [9.17, 15) is 0 Å². The largest absolute Gasteiger partial charge is 0.404 e. The summed E-state index contributed by atoms with van der Waals surface area (Å²) in [5, 5.41) is 4.33. The lowest BCUT2D eigenvalue weighted by atomic mass is 10.0. The zero-order valence-corrected chi connectivity index (χ0v) is 19.9. The van der Waals surface area contributed by atoms with E-state index in [2.05, 4.69) is 54.8 Å². The van der Waals surface area contributed by atoms with Gasteiger partial charge in [0.15, 0.2) is 0 Å². The number of nitrogens with zero attached hydrogens (tertiary/aromatic N) is 3. The van der Waals surface area contributed by atoms with Crippen LogP contribution >= 0.6 is 15.9 Å². The fourth-order valence-corrected chi connectivity index (χ4v) is 4.06. The zero-order chi connectivity index (χ0) is 23.2. The highest BCUT2D eigenvalue weighted by molar-refractivity contribution is 9.10. The second-order valence-electron chi connectivity index (χ2n) is 7.86. The van der Waals surface area contributed by atoms with E-state index in [1.807, 2.05) is 36.5 Å². The lowest BCUT2D eigenvalue weighted by molar-refractivity contribution is 0.0342. The zero-order valence-electron chi connectivity index (χ0n) is 18.3. The van der Waals surface area contributed by atoms with Crippen molar-refractivity contribution in [2.75, 3.05) is 31.6 Å². The molecule has 1 saturated heterocycles. The Morgan fingerprint density at radius 3 is 2.76 bits per heavy atom. The molecule has 0 unspecified atom stereocenters. The number of rotatable bonds is 7. The number of benzene rings is 2. The second kappa shape index (κ2) is 10.6. The van der Waals surface area contributed by atoms with Gasteiger partial charge in [-0.2, -0.15) is 0 Å². The van der Waals surface area contributed by atoms with Crippen LogP contribution in [0.3, 0.4) is 0 Å². The van der Waals surface area contributed by atoms with E-state index < -0.39 is 0 Å². The fraction of sp³-hybridized carbons (Fsp3) is 0.200. The average molecular weight is 507 g/mol. The first-order valence-electron chi connectivity index (χ1n) is 10.7. The van der Waals surface area contributed by atoms with Crippen LogP contribution in [0.5, 0.6) is 0 Å². The van der Waals surface area contributed by atoms with E-state index in [-0.39, 0.29) is 0 Å². The van der Waals surface area contributed by atoms with E-state index in [4.69, 9.17) is 16.2 Å². The smallest absolute Gasteiger partial charge is 0.227 e. The van der Waals surface area contributed by atoms with E-state index >= 15 is 0 Å². The Kier molecular flexibility index (Phi) is 7.39. The van der Waals surface area contributed by atoms with Gasteiger partial charge in [0.2, 0.25) is 5.95 Å². The van der Waals surface area contributed by atoms with Crippen molar-refractivity contribution < 1.29 is 4.74 Å². The first kappa shape index (κ1) is 23.0. The quantitative estimate of drug-likeness (QED) is 0.410. The molecule has 1 aliphatic heterocycles. The lowest BCUT2D eigenvalue weighted by Crippen LogP contribution is -2.35. The average Bonchev–Trinajstić information content (AvgIpc) is 2.80. The van der Waals surface area contributed by atoms with Gasteiger partial charge in [0.1, 0.15) is 0 Å². The number of halogens is 1. The number of nitrogens with two attached hydrogens (primary N) is 2. The minimum absolute atomic E-state index is 0.466. The number of hydrogen-bond acceptors (Lipinski definition) is 7. The third-order valence-corrected chi connectivity index (χ3v) is 5.78. The predicted molar refractivity (Wildman–Crippen MR) is 138 cm³/mol. The first-order valence-corrected chi connectivity index (χ1v) is 11.5. The molecule has 1 aliphatic rings. The molecule has 4 rings (SSSR count). The number of anilines is 2. The van der Waals surface area contributed by atoms with Crippen LogP contribution in [0.15, 0.2) is 77.7 Å². The molecule has 0 spiro atoms. The van der Waals surface area contributed by atoms with Crippen LogP contribution in [0.25, 0.3) is 16.5 Å².